The zero-order valence-corrected chi connectivity index (χ0v) is 13.1. The van der Waals surface area contributed by atoms with Crippen molar-refractivity contribution in [3.05, 3.63) is 35.9 Å². The van der Waals surface area contributed by atoms with Crippen LogP contribution in [0.2, 0.25) is 0 Å². The molecule has 3 rings (SSSR count). The summed E-state index contributed by atoms with van der Waals surface area (Å²) in [4.78, 5) is 14.2. The van der Waals surface area contributed by atoms with E-state index >= 15 is 0 Å². The van der Waals surface area contributed by atoms with Gasteiger partial charge in [-0.25, -0.2) is 0 Å². The van der Waals surface area contributed by atoms with Crippen molar-refractivity contribution in [1.82, 2.24) is 4.90 Å². The van der Waals surface area contributed by atoms with E-state index in [1.807, 2.05) is 25.2 Å². The number of aliphatic hydroxyl groups excluding tert-OH is 1. The van der Waals surface area contributed by atoms with Gasteiger partial charge in [-0.15, -0.1) is 0 Å². The van der Waals surface area contributed by atoms with E-state index in [4.69, 9.17) is 4.74 Å². The Balaban J connectivity index is 1.42. The number of ether oxygens (including phenoxy) is 1. The summed E-state index contributed by atoms with van der Waals surface area (Å²) in [6, 6.07) is 10.1. The van der Waals surface area contributed by atoms with E-state index in [0.29, 0.717) is 6.61 Å². The molecule has 0 saturated heterocycles. The quantitative estimate of drug-likeness (QED) is 0.908. The molecule has 0 bridgehead atoms. The van der Waals surface area contributed by atoms with Crippen molar-refractivity contribution in [3.63, 3.8) is 0 Å². The fraction of sp³-hybridized carbons (Fsp3) is 0.611. The number of benzene rings is 1. The van der Waals surface area contributed by atoms with Crippen LogP contribution in [-0.2, 0) is 16.1 Å². The highest BCUT2D eigenvalue weighted by molar-refractivity contribution is 5.80. The second-order valence-corrected chi connectivity index (χ2v) is 6.60. The van der Waals surface area contributed by atoms with Crippen LogP contribution in [0.25, 0.3) is 0 Å². The summed E-state index contributed by atoms with van der Waals surface area (Å²) < 4.78 is 5.85. The van der Waals surface area contributed by atoms with Gasteiger partial charge in [0.25, 0.3) is 0 Å². The van der Waals surface area contributed by atoms with Crippen molar-refractivity contribution in [3.8, 4) is 0 Å². The molecule has 2 atom stereocenters. The zero-order valence-electron chi connectivity index (χ0n) is 13.1. The Morgan fingerprint density at radius 2 is 2.00 bits per heavy atom. The second-order valence-electron chi connectivity index (χ2n) is 6.60. The highest BCUT2D eigenvalue weighted by Gasteiger charge is 2.40. The molecule has 0 aromatic heterocycles. The van der Waals surface area contributed by atoms with Crippen LogP contribution in [-0.4, -0.2) is 41.2 Å². The number of nitrogens with zero attached hydrogens (tertiary/aromatic N) is 1. The number of likely N-dealkylation sites (N-methyl/N-ethyl adjacent to an activating group) is 1. The molecule has 1 aromatic carbocycles. The summed E-state index contributed by atoms with van der Waals surface area (Å²) in [5, 5.41) is 9.92. The van der Waals surface area contributed by atoms with Crippen LogP contribution in [0.15, 0.2) is 30.3 Å². The topological polar surface area (TPSA) is 49.8 Å². The fourth-order valence-electron chi connectivity index (χ4n) is 3.52. The van der Waals surface area contributed by atoms with Crippen LogP contribution in [0.5, 0.6) is 0 Å². The molecular formula is C18H25NO3. The van der Waals surface area contributed by atoms with Crippen LogP contribution < -0.4 is 0 Å². The highest BCUT2D eigenvalue weighted by atomic mass is 16.5. The summed E-state index contributed by atoms with van der Waals surface area (Å²) in [6.45, 7) is 0.615. The van der Waals surface area contributed by atoms with Gasteiger partial charge in [-0.1, -0.05) is 30.3 Å². The lowest BCUT2D eigenvalue weighted by Gasteiger charge is -2.38. The van der Waals surface area contributed by atoms with Crippen LogP contribution >= 0.6 is 0 Å². The first-order valence-corrected chi connectivity index (χ1v) is 8.25. The molecule has 0 spiro atoms. The lowest BCUT2D eigenvalue weighted by molar-refractivity contribution is -0.147. The van der Waals surface area contributed by atoms with Crippen molar-refractivity contribution in [1.29, 1.82) is 0 Å². The number of carbonyl (C=O) groups excluding carboxylic acids is 1. The van der Waals surface area contributed by atoms with Crippen molar-refractivity contribution in [2.45, 2.75) is 57.0 Å². The van der Waals surface area contributed by atoms with Gasteiger partial charge in [-0.3, -0.25) is 4.79 Å². The van der Waals surface area contributed by atoms with Gasteiger partial charge >= 0.3 is 0 Å². The van der Waals surface area contributed by atoms with Gasteiger partial charge in [0.2, 0.25) is 5.91 Å². The molecule has 2 aliphatic rings. The van der Waals surface area contributed by atoms with Gasteiger partial charge in [0.05, 0.1) is 24.9 Å². The molecule has 2 saturated carbocycles. The molecule has 22 heavy (non-hydrogen) atoms. The number of hydrogen-bond donors (Lipinski definition) is 1. The second kappa shape index (κ2) is 6.80. The van der Waals surface area contributed by atoms with Crippen LogP contribution in [0.1, 0.15) is 37.7 Å². The van der Waals surface area contributed by atoms with E-state index in [-0.39, 0.29) is 30.1 Å². The van der Waals surface area contributed by atoms with Crippen molar-refractivity contribution in [2.24, 2.45) is 5.92 Å². The molecule has 1 N–H and O–H groups in total. The standard InChI is InChI=1S/C18H25NO3/c1-19(16-8-5-9-17(16)20)18(21)14-10-15(11-14)22-12-13-6-3-2-4-7-13/h2-4,6-7,14-17,20H,5,8-12H2,1H3/t14?,15?,16-,17-/m1/s1. The molecule has 4 nitrogen and oxygen atoms in total. The SMILES string of the molecule is CN(C(=O)C1CC(OCc2ccccc2)C1)[C@@H]1CCC[C@H]1O. The van der Waals surface area contributed by atoms with E-state index < -0.39 is 0 Å². The third-order valence-corrected chi connectivity index (χ3v) is 5.06. The number of carbonyl (C=O) groups is 1. The Kier molecular flexibility index (Phi) is 4.79. The van der Waals surface area contributed by atoms with Gasteiger partial charge in [0.15, 0.2) is 0 Å². The molecule has 0 aliphatic heterocycles. The van der Waals surface area contributed by atoms with Gasteiger partial charge in [-0.05, 0) is 37.7 Å². The van der Waals surface area contributed by atoms with E-state index in [1.165, 1.54) is 5.56 Å². The molecule has 0 heterocycles. The predicted octanol–water partition coefficient (Wildman–Crippen LogP) is 2.35. The smallest absolute Gasteiger partial charge is 0.225 e. The molecule has 1 aromatic rings. The maximum Gasteiger partial charge on any atom is 0.225 e. The van der Waals surface area contributed by atoms with Gasteiger partial charge in [0.1, 0.15) is 0 Å². The summed E-state index contributed by atoms with van der Waals surface area (Å²) >= 11 is 0. The largest absolute Gasteiger partial charge is 0.391 e. The molecule has 120 valence electrons. The van der Waals surface area contributed by atoms with Crippen LogP contribution in [0.4, 0.5) is 0 Å². The average Bonchev–Trinajstić information content (AvgIpc) is 2.92. The van der Waals surface area contributed by atoms with Crippen molar-refractivity contribution in [2.75, 3.05) is 7.05 Å². The van der Waals surface area contributed by atoms with Crippen molar-refractivity contribution >= 4 is 5.91 Å². The fourth-order valence-corrected chi connectivity index (χ4v) is 3.52. The summed E-state index contributed by atoms with van der Waals surface area (Å²) in [7, 11) is 1.83. The Hall–Kier alpha value is -1.39. The number of aliphatic hydroxyl groups is 1. The van der Waals surface area contributed by atoms with Crippen LogP contribution in [0, 0.1) is 5.92 Å². The molecule has 0 radical (unpaired) electrons. The Bertz CT molecular complexity index is 498. The minimum Gasteiger partial charge on any atom is -0.391 e. The molecule has 2 fully saturated rings. The molecule has 1 amide bonds. The zero-order chi connectivity index (χ0) is 15.5. The number of hydrogen-bond acceptors (Lipinski definition) is 3. The third-order valence-electron chi connectivity index (χ3n) is 5.06. The van der Waals surface area contributed by atoms with Gasteiger partial charge in [0, 0.05) is 13.0 Å². The average molecular weight is 303 g/mol. The molecular weight excluding hydrogens is 278 g/mol. The van der Waals surface area contributed by atoms with E-state index in [1.54, 1.807) is 4.90 Å². The first-order valence-electron chi connectivity index (χ1n) is 8.25. The first-order chi connectivity index (χ1) is 10.6. The minimum absolute atomic E-state index is 0.0109. The third kappa shape index (κ3) is 3.33. The predicted molar refractivity (Wildman–Crippen MR) is 84.2 cm³/mol. The van der Waals surface area contributed by atoms with Crippen LogP contribution in [0.3, 0.4) is 0 Å². The number of rotatable bonds is 5. The molecule has 0 unspecified atom stereocenters. The normalized spacial score (nSPS) is 30.8. The monoisotopic (exact) mass is 303 g/mol. The van der Waals surface area contributed by atoms with E-state index in [2.05, 4.69) is 12.1 Å². The minimum atomic E-state index is -0.348. The Morgan fingerprint density at radius 1 is 1.27 bits per heavy atom. The first kappa shape index (κ1) is 15.5. The maximum atomic E-state index is 12.4. The Labute approximate surface area is 132 Å². The summed E-state index contributed by atoms with van der Waals surface area (Å²) in [5.41, 5.74) is 1.17. The van der Waals surface area contributed by atoms with E-state index in [9.17, 15) is 9.90 Å². The lowest BCUT2D eigenvalue weighted by Crippen LogP contribution is -2.48. The van der Waals surface area contributed by atoms with Gasteiger partial charge < -0.3 is 14.7 Å². The van der Waals surface area contributed by atoms with Crippen molar-refractivity contribution < 1.29 is 14.6 Å². The highest BCUT2D eigenvalue weighted by Crippen LogP contribution is 2.34. The maximum absolute atomic E-state index is 12.4. The van der Waals surface area contributed by atoms with E-state index in [0.717, 1.165) is 32.1 Å². The number of amides is 1. The summed E-state index contributed by atoms with van der Waals surface area (Å²) in [5.74, 6) is 0.240. The molecule has 2 aliphatic carbocycles. The Morgan fingerprint density at radius 3 is 2.64 bits per heavy atom. The lowest BCUT2D eigenvalue weighted by atomic mass is 9.81. The molecule has 4 heteroatoms. The summed E-state index contributed by atoms with van der Waals surface area (Å²) in [6.07, 6.45) is 4.20. The van der Waals surface area contributed by atoms with Gasteiger partial charge in [-0.2, -0.15) is 0 Å².